The summed E-state index contributed by atoms with van der Waals surface area (Å²) in [6, 6.07) is 14.3. The Morgan fingerprint density at radius 1 is 0.607 bits per heavy atom. The smallest absolute Gasteiger partial charge is 0.347 e. The monoisotopic (exact) mass is 764 g/mol. The molecule has 5 aromatic rings. The van der Waals surface area contributed by atoms with E-state index in [4.69, 9.17) is 23.7 Å². The highest BCUT2D eigenvalue weighted by Gasteiger charge is 2.30. The Kier molecular flexibility index (Phi) is 11.8. The van der Waals surface area contributed by atoms with Crippen molar-refractivity contribution in [3.8, 4) is 40.2 Å². The molecule has 2 N–H and O–H groups in total. The van der Waals surface area contributed by atoms with Gasteiger partial charge in [0.15, 0.2) is 11.5 Å². The van der Waals surface area contributed by atoms with E-state index in [2.05, 4.69) is 0 Å². The summed E-state index contributed by atoms with van der Waals surface area (Å²) in [6.45, 7) is 16.8. The fourth-order valence-electron chi connectivity index (χ4n) is 6.69. The fraction of sp³-hybridized carbons (Fsp3) is 0.267. The van der Waals surface area contributed by atoms with Crippen molar-refractivity contribution in [2.75, 3.05) is 7.11 Å². The summed E-state index contributed by atoms with van der Waals surface area (Å²) in [5.41, 5.74) is 5.36. The molecule has 10 nitrogen and oxygen atoms in total. The van der Waals surface area contributed by atoms with Gasteiger partial charge in [-0.1, -0.05) is 30.3 Å². The van der Waals surface area contributed by atoms with Gasteiger partial charge in [0, 0.05) is 17.7 Å². The molecule has 0 heterocycles. The van der Waals surface area contributed by atoms with Crippen molar-refractivity contribution in [3.05, 3.63) is 132 Å². The number of phenols is 1. The molecule has 5 rings (SSSR count). The molecule has 0 saturated carbocycles. The molecule has 292 valence electrons. The zero-order valence-corrected chi connectivity index (χ0v) is 33.4. The first kappa shape index (κ1) is 40.8. The van der Waals surface area contributed by atoms with Gasteiger partial charge in [-0.3, -0.25) is 0 Å². The topological polar surface area (TPSA) is 138 Å². The SMILES string of the molecule is COc1cc(OCc2ccccc2)cc(Oc2c(C)c(C)c(C(=O)Oc3cc(C)c(C(=O)Oc4c(C)c(C)c(C(=O)O)c(C)c4C)c(C)c3C)c(O)c2F)c1C. The van der Waals surface area contributed by atoms with Gasteiger partial charge in [-0.25, -0.2) is 14.4 Å². The minimum atomic E-state index is -1.16. The first-order valence-corrected chi connectivity index (χ1v) is 17.8. The van der Waals surface area contributed by atoms with Crippen LogP contribution in [-0.4, -0.2) is 35.2 Å². The third-order valence-electron chi connectivity index (χ3n) is 10.5. The van der Waals surface area contributed by atoms with Crippen LogP contribution in [0.2, 0.25) is 0 Å². The van der Waals surface area contributed by atoms with Crippen LogP contribution in [0.25, 0.3) is 0 Å². The van der Waals surface area contributed by atoms with Crippen LogP contribution in [-0.2, 0) is 6.61 Å². The lowest BCUT2D eigenvalue weighted by molar-refractivity contribution is 0.0691. The molecule has 0 unspecified atom stereocenters. The van der Waals surface area contributed by atoms with Crippen molar-refractivity contribution in [1.29, 1.82) is 0 Å². The standard InChI is InChI=1S/C45H45FO10/c1-21-17-34(22(2)23(3)36(21)44(50)56-41-27(7)24(4)37(43(48)49)25(5)28(41)8)55-45(51)38-26(6)29(9)42(39(46)40(38)47)54-35-19-32(18-33(52-11)30(35)10)53-20-31-15-13-12-14-16-31/h12-19,47H,20H2,1-11H3,(H,48,49). The van der Waals surface area contributed by atoms with Gasteiger partial charge >= 0.3 is 17.9 Å². The summed E-state index contributed by atoms with van der Waals surface area (Å²) >= 11 is 0. The molecule has 0 aromatic heterocycles. The van der Waals surface area contributed by atoms with Crippen LogP contribution in [0.4, 0.5) is 4.39 Å². The number of phenolic OH excluding ortho intramolecular Hbond substituents is 1. The number of carboxylic acid groups (broad SMARTS) is 1. The predicted octanol–water partition coefficient (Wildman–Crippen LogP) is 10.1. The number of carbonyl (C=O) groups is 3. The molecule has 0 radical (unpaired) electrons. The summed E-state index contributed by atoms with van der Waals surface area (Å²) in [4.78, 5) is 39.2. The number of rotatable bonds is 11. The lowest BCUT2D eigenvalue weighted by atomic mass is 9.93. The number of aryl methyl sites for hydroxylation is 1. The normalized spacial score (nSPS) is 10.9. The summed E-state index contributed by atoms with van der Waals surface area (Å²) < 4.78 is 45.3. The molecule has 0 amide bonds. The molecule has 0 fully saturated rings. The van der Waals surface area contributed by atoms with Crippen molar-refractivity contribution >= 4 is 17.9 Å². The number of hydrogen-bond acceptors (Lipinski definition) is 9. The Balaban J connectivity index is 1.43. The average molecular weight is 765 g/mol. The zero-order valence-electron chi connectivity index (χ0n) is 33.4. The number of carboxylic acids is 1. The maximum atomic E-state index is 16.0. The van der Waals surface area contributed by atoms with Gasteiger partial charge in [-0.05, 0) is 131 Å². The van der Waals surface area contributed by atoms with Gasteiger partial charge in [0.25, 0.3) is 0 Å². The molecule has 0 atom stereocenters. The number of aromatic carboxylic acids is 1. The molecule has 0 saturated heterocycles. The Hall–Kier alpha value is -6.36. The van der Waals surface area contributed by atoms with Crippen molar-refractivity contribution in [2.24, 2.45) is 0 Å². The van der Waals surface area contributed by atoms with E-state index < -0.39 is 29.5 Å². The number of carbonyl (C=O) groups excluding carboxylic acids is 2. The number of hydrogen-bond donors (Lipinski definition) is 2. The second-order valence-electron chi connectivity index (χ2n) is 13.8. The van der Waals surface area contributed by atoms with E-state index in [0.717, 1.165) is 5.56 Å². The number of aromatic hydroxyl groups is 1. The van der Waals surface area contributed by atoms with Gasteiger partial charge < -0.3 is 33.9 Å². The maximum absolute atomic E-state index is 16.0. The molecule has 0 bridgehead atoms. The molecule has 56 heavy (non-hydrogen) atoms. The van der Waals surface area contributed by atoms with E-state index in [9.17, 15) is 24.6 Å². The molecular formula is C45H45FO10. The zero-order chi connectivity index (χ0) is 41.3. The minimum Gasteiger partial charge on any atom is -0.504 e. The van der Waals surface area contributed by atoms with Crippen LogP contribution in [0.5, 0.6) is 40.2 Å². The molecule has 0 aliphatic rings. The van der Waals surface area contributed by atoms with E-state index in [1.54, 1.807) is 81.4 Å². The Morgan fingerprint density at radius 2 is 1.14 bits per heavy atom. The summed E-state index contributed by atoms with van der Waals surface area (Å²) in [6.07, 6.45) is 0. The Labute approximate surface area is 325 Å². The molecular weight excluding hydrogens is 719 g/mol. The highest BCUT2D eigenvalue weighted by molar-refractivity contribution is 5.98. The lowest BCUT2D eigenvalue weighted by Gasteiger charge is -2.21. The van der Waals surface area contributed by atoms with Crippen LogP contribution in [0.3, 0.4) is 0 Å². The van der Waals surface area contributed by atoms with Gasteiger partial charge in [0.2, 0.25) is 5.82 Å². The number of esters is 2. The number of ether oxygens (including phenoxy) is 5. The van der Waals surface area contributed by atoms with Gasteiger partial charge in [-0.15, -0.1) is 0 Å². The quantitative estimate of drug-likeness (QED) is 0.0987. The van der Waals surface area contributed by atoms with Gasteiger partial charge in [-0.2, -0.15) is 4.39 Å². The van der Waals surface area contributed by atoms with E-state index in [1.807, 2.05) is 30.3 Å². The second-order valence-corrected chi connectivity index (χ2v) is 13.8. The first-order valence-electron chi connectivity index (χ1n) is 17.8. The predicted molar refractivity (Wildman–Crippen MR) is 209 cm³/mol. The average Bonchev–Trinajstić information content (AvgIpc) is 3.16. The summed E-state index contributed by atoms with van der Waals surface area (Å²) in [5.74, 6) is -3.72. The molecule has 0 spiro atoms. The second kappa shape index (κ2) is 16.2. The van der Waals surface area contributed by atoms with E-state index in [-0.39, 0.29) is 57.4 Å². The number of halogens is 1. The molecule has 5 aromatic carbocycles. The third-order valence-corrected chi connectivity index (χ3v) is 10.5. The van der Waals surface area contributed by atoms with E-state index in [1.165, 1.54) is 13.2 Å². The van der Waals surface area contributed by atoms with E-state index in [0.29, 0.717) is 56.0 Å². The maximum Gasteiger partial charge on any atom is 0.347 e. The summed E-state index contributed by atoms with van der Waals surface area (Å²) in [5, 5.41) is 20.8. The van der Waals surface area contributed by atoms with Crippen molar-refractivity contribution < 1.29 is 52.7 Å². The molecule has 0 aliphatic heterocycles. The van der Waals surface area contributed by atoms with Crippen LogP contribution in [0, 0.1) is 75.1 Å². The largest absolute Gasteiger partial charge is 0.504 e. The lowest BCUT2D eigenvalue weighted by Crippen LogP contribution is -2.18. The van der Waals surface area contributed by atoms with Crippen LogP contribution < -0.4 is 23.7 Å². The van der Waals surface area contributed by atoms with Gasteiger partial charge in [0.05, 0.1) is 18.2 Å². The minimum absolute atomic E-state index is 0.0960. The summed E-state index contributed by atoms with van der Waals surface area (Å²) in [7, 11) is 1.49. The van der Waals surface area contributed by atoms with Crippen molar-refractivity contribution in [3.63, 3.8) is 0 Å². The highest BCUT2D eigenvalue weighted by Crippen LogP contribution is 2.43. The first-order chi connectivity index (χ1) is 26.4. The van der Waals surface area contributed by atoms with Gasteiger partial charge in [0.1, 0.15) is 40.9 Å². The Morgan fingerprint density at radius 3 is 1.73 bits per heavy atom. The number of methoxy groups -OCH3 is 1. The number of benzene rings is 5. The molecule has 11 heteroatoms. The van der Waals surface area contributed by atoms with Crippen LogP contribution in [0.1, 0.15) is 92.3 Å². The van der Waals surface area contributed by atoms with Crippen molar-refractivity contribution in [1.82, 2.24) is 0 Å². The highest BCUT2D eigenvalue weighted by atomic mass is 19.1. The Bertz CT molecular complexity index is 2360. The third kappa shape index (κ3) is 7.62. The van der Waals surface area contributed by atoms with Crippen LogP contribution in [0.15, 0.2) is 48.5 Å². The fourth-order valence-corrected chi connectivity index (χ4v) is 6.69. The van der Waals surface area contributed by atoms with E-state index >= 15 is 4.39 Å². The van der Waals surface area contributed by atoms with Crippen molar-refractivity contribution in [2.45, 2.75) is 75.8 Å². The molecule has 0 aliphatic carbocycles. The van der Waals surface area contributed by atoms with Crippen LogP contribution >= 0.6 is 0 Å².